The second kappa shape index (κ2) is 5.54. The molecule has 6 rings (SSSR count). The van der Waals surface area contributed by atoms with Crippen LogP contribution in [0.1, 0.15) is 6.04 Å². The van der Waals surface area contributed by atoms with Gasteiger partial charge in [-0.15, -0.1) is 0 Å². The molecule has 3 heteroatoms. The molecule has 0 bridgehead atoms. The van der Waals surface area contributed by atoms with Gasteiger partial charge in [0.25, 0.3) is 0 Å². The molecule has 4 aromatic rings. The molecule has 0 radical (unpaired) electrons. The van der Waals surface area contributed by atoms with E-state index in [4.69, 9.17) is 0 Å². The fourth-order valence-corrected chi connectivity index (χ4v) is 4.84. The first-order valence-corrected chi connectivity index (χ1v) is 9.91. The molecule has 0 N–H and O–H groups in total. The van der Waals surface area contributed by atoms with Gasteiger partial charge in [0.15, 0.2) is 0 Å². The average molecular weight is 412 g/mol. The number of allylic oxidation sites excluding steroid dienone is 4. The van der Waals surface area contributed by atoms with Crippen molar-refractivity contribution in [2.75, 3.05) is 0 Å². The summed E-state index contributed by atoms with van der Waals surface area (Å²) in [6.07, 6.45) is 8.82. The fourth-order valence-electron chi connectivity index (χ4n) is 4.48. The topological polar surface area (TPSA) is 7.94 Å². The predicted molar refractivity (Wildman–Crippen MR) is 117 cm³/mol. The maximum Gasteiger partial charge on any atom is 0.235 e. The van der Waals surface area contributed by atoms with Crippen LogP contribution in [0.4, 0.5) is 11.4 Å². The summed E-state index contributed by atoms with van der Waals surface area (Å²) in [5.74, 6) is 0. The molecular weight excluding hydrogens is 396 g/mol. The molecule has 128 valence electrons. The third kappa shape index (κ3) is 2.03. The van der Waals surface area contributed by atoms with Crippen molar-refractivity contribution in [3.8, 4) is 0 Å². The van der Waals surface area contributed by atoms with Crippen LogP contribution in [0.2, 0.25) is 0 Å². The molecule has 0 amide bonds. The molecule has 1 atom stereocenters. The number of para-hydroxylation sites is 2. The lowest BCUT2D eigenvalue weighted by Crippen LogP contribution is -2.30. The Labute approximate surface area is 165 Å². The first kappa shape index (κ1) is 15.2. The van der Waals surface area contributed by atoms with Crippen molar-refractivity contribution in [3.05, 3.63) is 95.5 Å². The van der Waals surface area contributed by atoms with Crippen LogP contribution < -0.4 is 4.58 Å². The van der Waals surface area contributed by atoms with Crippen LogP contribution in [0, 0.1) is 0 Å². The van der Waals surface area contributed by atoms with Gasteiger partial charge in [-0.05, 0) is 18.2 Å². The molecule has 0 saturated carbocycles. The lowest BCUT2D eigenvalue weighted by molar-refractivity contribution is 0.781. The molecule has 0 saturated heterocycles. The zero-order chi connectivity index (χ0) is 18.0. The highest BCUT2D eigenvalue weighted by Crippen LogP contribution is 2.43. The highest BCUT2D eigenvalue weighted by molar-refractivity contribution is 9.10. The zero-order valence-corrected chi connectivity index (χ0v) is 16.1. The largest absolute Gasteiger partial charge is 0.318 e. The number of fused-ring (bicyclic) bond motifs is 5. The van der Waals surface area contributed by atoms with Crippen LogP contribution in [0.3, 0.4) is 0 Å². The third-order valence-electron chi connectivity index (χ3n) is 5.53. The quantitative estimate of drug-likeness (QED) is 0.315. The molecule has 1 aliphatic heterocycles. The molecular formula is C24H16BrN2+. The number of halogens is 1. The molecule has 1 unspecified atom stereocenters. The van der Waals surface area contributed by atoms with E-state index in [0.29, 0.717) is 0 Å². The van der Waals surface area contributed by atoms with E-state index >= 15 is 0 Å². The standard InChI is InChI=1S/C24H16BrN2/c25-16-13-14-20-19(15-16)18-9-6-12-23-24(18)27(20)22-11-5-4-10-21(22)26(23)17-7-2-1-3-8-17/h1-15,22H/q+1. The minimum Gasteiger partial charge on any atom is -0.318 e. The van der Waals surface area contributed by atoms with Gasteiger partial charge in [0.2, 0.25) is 17.1 Å². The Kier molecular flexibility index (Phi) is 3.12. The zero-order valence-electron chi connectivity index (χ0n) is 14.5. The number of nitrogens with zero attached hydrogens (tertiary/aromatic N) is 2. The highest BCUT2D eigenvalue weighted by Gasteiger charge is 2.36. The lowest BCUT2D eigenvalue weighted by Gasteiger charge is -2.24. The van der Waals surface area contributed by atoms with Crippen molar-refractivity contribution in [2.45, 2.75) is 6.04 Å². The van der Waals surface area contributed by atoms with E-state index in [1.54, 1.807) is 0 Å². The van der Waals surface area contributed by atoms with Crippen molar-refractivity contribution in [3.63, 3.8) is 0 Å². The Balaban J connectivity index is 1.82. The van der Waals surface area contributed by atoms with Gasteiger partial charge in [-0.3, -0.25) is 0 Å². The fraction of sp³-hybridized carbons (Fsp3) is 0.0417. The maximum absolute atomic E-state index is 3.65. The Bertz CT molecular complexity index is 1320. The van der Waals surface area contributed by atoms with Crippen molar-refractivity contribution in [2.24, 2.45) is 0 Å². The highest BCUT2D eigenvalue weighted by atomic mass is 79.9. The molecule has 27 heavy (non-hydrogen) atoms. The summed E-state index contributed by atoms with van der Waals surface area (Å²) in [6, 6.07) is 24.1. The molecule has 1 aliphatic carbocycles. The summed E-state index contributed by atoms with van der Waals surface area (Å²) in [5, 5.41) is 2.59. The van der Waals surface area contributed by atoms with Gasteiger partial charge in [-0.1, -0.05) is 64.5 Å². The van der Waals surface area contributed by atoms with E-state index in [1.165, 1.54) is 38.9 Å². The second-order valence-electron chi connectivity index (χ2n) is 6.99. The van der Waals surface area contributed by atoms with Gasteiger partial charge in [-0.25, -0.2) is 0 Å². The molecule has 2 nitrogen and oxygen atoms in total. The third-order valence-corrected chi connectivity index (χ3v) is 6.02. The predicted octanol–water partition coefficient (Wildman–Crippen LogP) is 6.51. The molecule has 2 aliphatic rings. The summed E-state index contributed by atoms with van der Waals surface area (Å²) in [7, 11) is 0. The minimum absolute atomic E-state index is 0.186. The van der Waals surface area contributed by atoms with Gasteiger partial charge in [-0.2, -0.15) is 4.58 Å². The first-order valence-electron chi connectivity index (χ1n) is 9.12. The normalized spacial score (nSPS) is 17.7. The van der Waals surface area contributed by atoms with Gasteiger partial charge in [0.1, 0.15) is 11.6 Å². The van der Waals surface area contributed by atoms with E-state index in [2.05, 4.69) is 116 Å². The second-order valence-corrected chi connectivity index (χ2v) is 7.91. The van der Waals surface area contributed by atoms with Crippen LogP contribution in [0.15, 0.2) is 95.5 Å². The smallest absolute Gasteiger partial charge is 0.235 e. The van der Waals surface area contributed by atoms with Crippen LogP contribution >= 0.6 is 15.9 Å². The van der Waals surface area contributed by atoms with Crippen LogP contribution in [0.5, 0.6) is 0 Å². The summed E-state index contributed by atoms with van der Waals surface area (Å²) >= 11 is 3.65. The molecule has 0 fully saturated rings. The van der Waals surface area contributed by atoms with Gasteiger partial charge in [0.05, 0.1) is 5.52 Å². The number of hydrogen-bond donors (Lipinski definition) is 0. The summed E-state index contributed by atoms with van der Waals surface area (Å²) in [5.41, 5.74) is 6.28. The molecule has 1 aromatic heterocycles. The summed E-state index contributed by atoms with van der Waals surface area (Å²) in [6.45, 7) is 0. The molecule has 3 aromatic carbocycles. The van der Waals surface area contributed by atoms with Crippen molar-refractivity contribution in [1.82, 2.24) is 9.14 Å². The Morgan fingerprint density at radius 3 is 2.63 bits per heavy atom. The Morgan fingerprint density at radius 2 is 1.74 bits per heavy atom. The van der Waals surface area contributed by atoms with Crippen molar-refractivity contribution >= 4 is 54.8 Å². The van der Waals surface area contributed by atoms with Crippen molar-refractivity contribution < 1.29 is 0 Å². The van der Waals surface area contributed by atoms with E-state index in [1.807, 2.05) is 0 Å². The SMILES string of the molecule is Brc1ccc2c(c1)c1cccc3c1n2C1C=CC=CC1=[N+]3c1ccccc1. The molecule has 2 heterocycles. The van der Waals surface area contributed by atoms with Crippen LogP contribution in [-0.2, 0) is 0 Å². The van der Waals surface area contributed by atoms with Gasteiger partial charge in [0, 0.05) is 39.5 Å². The molecule has 0 spiro atoms. The first-order chi connectivity index (χ1) is 13.3. The number of aromatic nitrogens is 1. The maximum atomic E-state index is 3.65. The monoisotopic (exact) mass is 411 g/mol. The Hall–Kier alpha value is -2.91. The number of benzene rings is 3. The summed E-state index contributed by atoms with van der Waals surface area (Å²) < 4.78 is 6.00. The number of hydrogen-bond acceptors (Lipinski definition) is 0. The van der Waals surface area contributed by atoms with E-state index in [0.717, 1.165) is 4.47 Å². The van der Waals surface area contributed by atoms with Gasteiger partial charge < -0.3 is 4.57 Å². The van der Waals surface area contributed by atoms with E-state index in [-0.39, 0.29) is 6.04 Å². The van der Waals surface area contributed by atoms with Gasteiger partial charge >= 0.3 is 0 Å². The average Bonchev–Trinajstić information content (AvgIpc) is 3.04. The van der Waals surface area contributed by atoms with Crippen LogP contribution in [0.25, 0.3) is 21.8 Å². The summed E-state index contributed by atoms with van der Waals surface area (Å²) in [4.78, 5) is 0. The number of rotatable bonds is 1. The Morgan fingerprint density at radius 1 is 0.852 bits per heavy atom. The lowest BCUT2D eigenvalue weighted by atomic mass is 10.0. The van der Waals surface area contributed by atoms with Crippen LogP contribution in [-0.4, -0.2) is 10.3 Å². The minimum atomic E-state index is 0.186. The van der Waals surface area contributed by atoms with Crippen molar-refractivity contribution in [1.29, 1.82) is 0 Å². The van der Waals surface area contributed by atoms with E-state index < -0.39 is 0 Å². The van der Waals surface area contributed by atoms with E-state index in [9.17, 15) is 0 Å².